The Hall–Kier alpha value is -1.30. The standard InChI is InChI=1S/C15H28N2O4/c1-15(2,3)21-14(19)16-10-11-6-8-17(4)9-7-12(11)13(18)20-5/h11-12H,6-10H2,1-5H3,(H,16,19)/t11-,12-/m0/s1. The van der Waals surface area contributed by atoms with Gasteiger partial charge in [0.25, 0.3) is 0 Å². The lowest BCUT2D eigenvalue weighted by Crippen LogP contribution is -2.38. The minimum Gasteiger partial charge on any atom is -0.469 e. The second kappa shape index (κ2) is 7.64. The Kier molecular flexibility index (Phi) is 6.45. The third-order valence-electron chi connectivity index (χ3n) is 3.68. The fourth-order valence-electron chi connectivity index (χ4n) is 2.53. The van der Waals surface area contributed by atoms with Crippen molar-refractivity contribution in [2.75, 3.05) is 33.8 Å². The molecule has 1 saturated heterocycles. The first-order chi connectivity index (χ1) is 9.73. The summed E-state index contributed by atoms with van der Waals surface area (Å²) in [5.41, 5.74) is -0.518. The normalized spacial score (nSPS) is 24.0. The van der Waals surface area contributed by atoms with Crippen LogP contribution in [0.4, 0.5) is 4.79 Å². The van der Waals surface area contributed by atoms with Crippen LogP contribution in [0, 0.1) is 11.8 Å². The molecule has 0 radical (unpaired) electrons. The van der Waals surface area contributed by atoms with E-state index in [1.807, 2.05) is 27.8 Å². The average molecular weight is 300 g/mol. The zero-order valence-corrected chi connectivity index (χ0v) is 13.8. The van der Waals surface area contributed by atoms with Crippen molar-refractivity contribution in [1.29, 1.82) is 0 Å². The average Bonchev–Trinajstić information content (AvgIpc) is 2.55. The van der Waals surface area contributed by atoms with E-state index in [2.05, 4.69) is 10.2 Å². The smallest absolute Gasteiger partial charge is 0.407 e. The SMILES string of the molecule is COC(=O)[C@H]1CCN(C)CC[C@H]1CNC(=O)OC(C)(C)C. The van der Waals surface area contributed by atoms with Crippen LogP contribution in [0.5, 0.6) is 0 Å². The van der Waals surface area contributed by atoms with Crippen LogP contribution in [0.1, 0.15) is 33.6 Å². The summed E-state index contributed by atoms with van der Waals surface area (Å²) in [5, 5.41) is 2.77. The van der Waals surface area contributed by atoms with Gasteiger partial charge in [0.15, 0.2) is 0 Å². The number of ether oxygens (including phenoxy) is 2. The first-order valence-electron chi connectivity index (χ1n) is 7.46. The van der Waals surface area contributed by atoms with Gasteiger partial charge in [-0.3, -0.25) is 4.79 Å². The number of hydrogen-bond donors (Lipinski definition) is 1. The van der Waals surface area contributed by atoms with E-state index < -0.39 is 11.7 Å². The quantitative estimate of drug-likeness (QED) is 0.803. The van der Waals surface area contributed by atoms with E-state index in [4.69, 9.17) is 9.47 Å². The number of nitrogens with zero attached hydrogens (tertiary/aromatic N) is 1. The maximum Gasteiger partial charge on any atom is 0.407 e. The Morgan fingerprint density at radius 2 is 1.86 bits per heavy atom. The number of carbonyl (C=O) groups is 2. The summed E-state index contributed by atoms with van der Waals surface area (Å²) in [7, 11) is 3.45. The highest BCUT2D eigenvalue weighted by molar-refractivity contribution is 5.73. The minimum atomic E-state index is -0.518. The van der Waals surface area contributed by atoms with Crippen LogP contribution in [-0.2, 0) is 14.3 Å². The van der Waals surface area contributed by atoms with Gasteiger partial charge >= 0.3 is 12.1 Å². The predicted molar refractivity (Wildman–Crippen MR) is 80.0 cm³/mol. The third-order valence-corrected chi connectivity index (χ3v) is 3.68. The number of hydrogen-bond acceptors (Lipinski definition) is 5. The minimum absolute atomic E-state index is 0.0786. The van der Waals surface area contributed by atoms with E-state index in [1.165, 1.54) is 7.11 Å². The molecule has 1 N–H and O–H groups in total. The van der Waals surface area contributed by atoms with E-state index in [-0.39, 0.29) is 17.8 Å². The zero-order valence-electron chi connectivity index (χ0n) is 13.8. The molecule has 1 fully saturated rings. The zero-order chi connectivity index (χ0) is 16.0. The molecule has 0 unspecified atom stereocenters. The van der Waals surface area contributed by atoms with Gasteiger partial charge < -0.3 is 19.7 Å². The van der Waals surface area contributed by atoms with Gasteiger partial charge in [0.2, 0.25) is 0 Å². The maximum atomic E-state index is 11.9. The molecule has 1 rings (SSSR count). The topological polar surface area (TPSA) is 67.9 Å². The molecule has 0 saturated carbocycles. The summed E-state index contributed by atoms with van der Waals surface area (Å²) in [4.78, 5) is 25.9. The molecule has 1 amide bonds. The van der Waals surface area contributed by atoms with Gasteiger partial charge in [-0.1, -0.05) is 0 Å². The molecule has 21 heavy (non-hydrogen) atoms. The highest BCUT2D eigenvalue weighted by Crippen LogP contribution is 2.24. The highest BCUT2D eigenvalue weighted by atomic mass is 16.6. The van der Waals surface area contributed by atoms with Crippen molar-refractivity contribution in [3.8, 4) is 0 Å². The van der Waals surface area contributed by atoms with Crippen LogP contribution in [0.25, 0.3) is 0 Å². The Labute approximate surface area is 127 Å². The first-order valence-corrected chi connectivity index (χ1v) is 7.46. The lowest BCUT2D eigenvalue weighted by molar-refractivity contribution is -0.147. The number of esters is 1. The van der Waals surface area contributed by atoms with E-state index in [9.17, 15) is 9.59 Å². The van der Waals surface area contributed by atoms with Crippen LogP contribution >= 0.6 is 0 Å². The molecule has 122 valence electrons. The number of alkyl carbamates (subject to hydrolysis) is 1. The summed E-state index contributed by atoms with van der Waals surface area (Å²) in [6, 6.07) is 0. The van der Waals surface area contributed by atoms with Crippen molar-refractivity contribution in [2.45, 2.75) is 39.2 Å². The molecule has 0 bridgehead atoms. The van der Waals surface area contributed by atoms with Crippen molar-refractivity contribution in [1.82, 2.24) is 10.2 Å². The van der Waals surface area contributed by atoms with Crippen molar-refractivity contribution >= 4 is 12.1 Å². The third kappa shape index (κ3) is 6.33. The van der Waals surface area contributed by atoms with Crippen LogP contribution in [0.3, 0.4) is 0 Å². The fraction of sp³-hybridized carbons (Fsp3) is 0.867. The Bertz CT molecular complexity index is 365. The lowest BCUT2D eigenvalue weighted by Gasteiger charge is -2.24. The number of likely N-dealkylation sites (tertiary alicyclic amines) is 1. The lowest BCUT2D eigenvalue weighted by atomic mass is 9.88. The van der Waals surface area contributed by atoms with Crippen molar-refractivity contribution in [3.05, 3.63) is 0 Å². The van der Waals surface area contributed by atoms with Gasteiger partial charge in [-0.25, -0.2) is 4.79 Å². The molecule has 1 aliphatic heterocycles. The number of rotatable bonds is 3. The van der Waals surface area contributed by atoms with Gasteiger partial charge in [0.1, 0.15) is 5.60 Å². The molecule has 1 aliphatic rings. The predicted octanol–water partition coefficient (Wildman–Crippen LogP) is 1.64. The molecule has 2 atom stereocenters. The van der Waals surface area contributed by atoms with Gasteiger partial charge in [-0.2, -0.15) is 0 Å². The maximum absolute atomic E-state index is 11.9. The molecule has 1 heterocycles. The first kappa shape index (κ1) is 17.8. The molecule has 0 aromatic heterocycles. The van der Waals surface area contributed by atoms with Crippen LogP contribution in [-0.4, -0.2) is 56.4 Å². The largest absolute Gasteiger partial charge is 0.469 e. The van der Waals surface area contributed by atoms with Gasteiger partial charge in [-0.15, -0.1) is 0 Å². The Balaban J connectivity index is 2.59. The van der Waals surface area contributed by atoms with E-state index in [1.54, 1.807) is 0 Å². The van der Waals surface area contributed by atoms with Crippen molar-refractivity contribution in [2.24, 2.45) is 11.8 Å². The molecule has 0 spiro atoms. The van der Waals surface area contributed by atoms with Crippen LogP contribution < -0.4 is 5.32 Å². The molecule has 0 aromatic carbocycles. The molecular weight excluding hydrogens is 272 g/mol. The van der Waals surface area contributed by atoms with Gasteiger partial charge in [-0.05, 0) is 59.7 Å². The molecule has 6 heteroatoms. The number of amides is 1. The highest BCUT2D eigenvalue weighted by Gasteiger charge is 2.32. The van der Waals surface area contributed by atoms with Gasteiger partial charge in [0, 0.05) is 6.54 Å². The van der Waals surface area contributed by atoms with Crippen LogP contribution in [0.2, 0.25) is 0 Å². The summed E-state index contributed by atoms with van der Waals surface area (Å²) in [5.74, 6) is -0.286. The summed E-state index contributed by atoms with van der Waals surface area (Å²) in [6.45, 7) is 7.68. The molecule has 6 nitrogen and oxygen atoms in total. The summed E-state index contributed by atoms with van der Waals surface area (Å²) < 4.78 is 10.1. The summed E-state index contributed by atoms with van der Waals surface area (Å²) in [6.07, 6.45) is 1.17. The second-order valence-corrected chi connectivity index (χ2v) is 6.65. The second-order valence-electron chi connectivity index (χ2n) is 6.65. The van der Waals surface area contributed by atoms with Crippen molar-refractivity contribution < 1.29 is 19.1 Å². The number of carbonyl (C=O) groups excluding carboxylic acids is 2. The van der Waals surface area contributed by atoms with Crippen molar-refractivity contribution in [3.63, 3.8) is 0 Å². The van der Waals surface area contributed by atoms with Crippen LogP contribution in [0.15, 0.2) is 0 Å². The van der Waals surface area contributed by atoms with E-state index >= 15 is 0 Å². The molecular formula is C15H28N2O4. The number of methoxy groups -OCH3 is 1. The number of nitrogens with one attached hydrogen (secondary N) is 1. The Morgan fingerprint density at radius 1 is 1.24 bits per heavy atom. The molecule has 0 aromatic rings. The fourth-order valence-corrected chi connectivity index (χ4v) is 2.53. The monoisotopic (exact) mass is 300 g/mol. The van der Waals surface area contributed by atoms with E-state index in [0.717, 1.165) is 25.9 Å². The molecule has 0 aliphatic carbocycles. The Morgan fingerprint density at radius 3 is 2.43 bits per heavy atom. The summed E-state index contributed by atoms with van der Waals surface area (Å²) >= 11 is 0. The van der Waals surface area contributed by atoms with E-state index in [0.29, 0.717) is 6.54 Å². The van der Waals surface area contributed by atoms with Gasteiger partial charge in [0.05, 0.1) is 13.0 Å².